The Morgan fingerprint density at radius 1 is 1.32 bits per heavy atom. The molecule has 2 bridgehead atoms. The fourth-order valence-electron chi connectivity index (χ4n) is 6.26. The van der Waals surface area contributed by atoms with Gasteiger partial charge in [0.15, 0.2) is 0 Å². The van der Waals surface area contributed by atoms with Crippen LogP contribution >= 0.6 is 0 Å². The maximum absolute atomic E-state index is 12.0. The van der Waals surface area contributed by atoms with E-state index in [-0.39, 0.29) is 36.1 Å². The fourth-order valence-corrected chi connectivity index (χ4v) is 6.26. The summed E-state index contributed by atoms with van der Waals surface area (Å²) in [6.45, 7) is 14.2. The van der Waals surface area contributed by atoms with Crippen molar-refractivity contribution in [3.63, 3.8) is 0 Å². The highest BCUT2D eigenvalue weighted by atomic mass is 16.6. The van der Waals surface area contributed by atoms with E-state index in [4.69, 9.17) is 14.2 Å². The third kappa shape index (κ3) is 3.78. The second kappa shape index (κ2) is 7.73. The zero-order chi connectivity index (χ0) is 20.9. The molecule has 0 aromatic heterocycles. The van der Waals surface area contributed by atoms with Crippen molar-refractivity contribution < 1.29 is 24.1 Å². The van der Waals surface area contributed by atoms with Crippen LogP contribution in [0.5, 0.6) is 0 Å². The summed E-state index contributed by atoms with van der Waals surface area (Å²) in [6.07, 6.45) is 3.15. The molecule has 3 aliphatic rings. The van der Waals surface area contributed by atoms with E-state index in [1.165, 1.54) is 12.5 Å². The van der Waals surface area contributed by atoms with Gasteiger partial charge in [0.25, 0.3) is 0 Å². The second-order valence-corrected chi connectivity index (χ2v) is 10.0. The van der Waals surface area contributed by atoms with Crippen LogP contribution in [0.1, 0.15) is 66.7 Å². The van der Waals surface area contributed by atoms with Gasteiger partial charge in [0.2, 0.25) is 0 Å². The molecule has 5 heteroatoms. The predicted molar refractivity (Wildman–Crippen MR) is 108 cm³/mol. The number of carbonyl (C=O) groups is 1. The Hall–Kier alpha value is -0.910. The van der Waals surface area contributed by atoms with Gasteiger partial charge in [-0.25, -0.2) is 0 Å². The predicted octanol–water partition coefficient (Wildman–Crippen LogP) is 3.88. The Balaban J connectivity index is 2.08. The number of hydrogen-bond acceptors (Lipinski definition) is 5. The molecule has 0 aromatic rings. The zero-order valence-electron chi connectivity index (χ0n) is 18.4. The third-order valence-corrected chi connectivity index (χ3v) is 7.58. The maximum Gasteiger partial charge on any atom is 0.303 e. The molecule has 0 radical (unpaired) electrons. The second-order valence-electron chi connectivity index (χ2n) is 10.0. The van der Waals surface area contributed by atoms with Crippen LogP contribution in [0.2, 0.25) is 0 Å². The molecule has 2 heterocycles. The van der Waals surface area contributed by atoms with Gasteiger partial charge in [-0.3, -0.25) is 4.79 Å². The van der Waals surface area contributed by atoms with Crippen molar-refractivity contribution in [3.8, 4) is 0 Å². The van der Waals surface area contributed by atoms with Crippen molar-refractivity contribution in [3.05, 3.63) is 12.2 Å². The Bertz CT molecular complexity index is 612. The summed E-state index contributed by atoms with van der Waals surface area (Å²) < 4.78 is 18.3. The van der Waals surface area contributed by atoms with E-state index in [9.17, 15) is 9.90 Å². The molecule has 160 valence electrons. The maximum atomic E-state index is 12.0. The van der Waals surface area contributed by atoms with Crippen LogP contribution in [0.25, 0.3) is 0 Å². The monoisotopic (exact) mass is 394 g/mol. The lowest BCUT2D eigenvalue weighted by atomic mass is 9.60. The minimum absolute atomic E-state index is 0.135. The minimum atomic E-state index is -1.01. The standard InChI is InChI=1S/C23H38O5/c1-13(2)16-9-8-14(3)19-17-12-22(5,25)18(26-7)10-11-23(6,28-15(4)24)21(27-17)20(16)19/h13,16-21,25H,3,8-12H2,1-2,4-7H3/t16-,17-,18+,19-,20-,21-,22+,23-/m1/s1. The van der Waals surface area contributed by atoms with Gasteiger partial charge in [0.1, 0.15) is 11.7 Å². The van der Waals surface area contributed by atoms with Gasteiger partial charge >= 0.3 is 5.97 Å². The first-order chi connectivity index (χ1) is 13.0. The summed E-state index contributed by atoms with van der Waals surface area (Å²) in [5.74, 6) is 1.15. The molecule has 0 amide bonds. The normalized spacial score (nSPS) is 46.5. The van der Waals surface area contributed by atoms with Gasteiger partial charge in [0, 0.05) is 32.3 Å². The van der Waals surface area contributed by atoms with Gasteiger partial charge < -0.3 is 19.3 Å². The van der Waals surface area contributed by atoms with E-state index >= 15 is 0 Å². The topological polar surface area (TPSA) is 65.0 Å². The van der Waals surface area contributed by atoms with Crippen molar-refractivity contribution in [2.24, 2.45) is 23.7 Å². The highest BCUT2D eigenvalue weighted by Gasteiger charge is 2.60. The first-order valence-corrected chi connectivity index (χ1v) is 10.8. The molecule has 0 unspecified atom stereocenters. The Morgan fingerprint density at radius 3 is 2.57 bits per heavy atom. The first-order valence-electron chi connectivity index (χ1n) is 10.8. The van der Waals surface area contributed by atoms with Crippen LogP contribution in [0.4, 0.5) is 0 Å². The number of rotatable bonds is 3. The smallest absolute Gasteiger partial charge is 0.303 e. The minimum Gasteiger partial charge on any atom is -0.457 e. The van der Waals surface area contributed by atoms with Crippen LogP contribution in [-0.2, 0) is 19.0 Å². The summed E-state index contributed by atoms with van der Waals surface area (Å²) in [7, 11) is 1.64. The lowest BCUT2D eigenvalue weighted by Gasteiger charge is -2.46. The van der Waals surface area contributed by atoms with Crippen molar-refractivity contribution in [2.75, 3.05) is 7.11 Å². The van der Waals surface area contributed by atoms with Crippen molar-refractivity contribution in [2.45, 2.75) is 96.2 Å². The SMILES string of the molecule is C=C1CC[C@H](C(C)C)[C@@H]2[C@H]1[C@H]1C[C@](C)(O)[C@@H](OC)CC[C@@](C)(OC(C)=O)[C@@H]2O1. The van der Waals surface area contributed by atoms with Crippen molar-refractivity contribution >= 4 is 5.97 Å². The van der Waals surface area contributed by atoms with Crippen molar-refractivity contribution in [1.82, 2.24) is 0 Å². The van der Waals surface area contributed by atoms with E-state index in [0.29, 0.717) is 31.1 Å². The molecule has 2 aliphatic heterocycles. The average molecular weight is 395 g/mol. The molecular weight excluding hydrogens is 356 g/mol. The lowest BCUT2D eigenvalue weighted by molar-refractivity contribution is -0.179. The van der Waals surface area contributed by atoms with Gasteiger partial charge in [0.05, 0.1) is 17.8 Å². The average Bonchev–Trinajstić information content (AvgIpc) is 2.95. The van der Waals surface area contributed by atoms with Crippen LogP contribution in [0.15, 0.2) is 12.2 Å². The molecule has 28 heavy (non-hydrogen) atoms. The fraction of sp³-hybridized carbons (Fsp3) is 0.870. The molecule has 8 atom stereocenters. The summed E-state index contributed by atoms with van der Waals surface area (Å²) in [5, 5.41) is 11.2. The van der Waals surface area contributed by atoms with Crippen LogP contribution in [0, 0.1) is 23.7 Å². The number of aliphatic hydroxyl groups is 1. The van der Waals surface area contributed by atoms with Gasteiger partial charge in [-0.15, -0.1) is 0 Å². The molecule has 2 saturated heterocycles. The summed E-state index contributed by atoms with van der Waals surface area (Å²) >= 11 is 0. The molecule has 3 fully saturated rings. The van der Waals surface area contributed by atoms with E-state index in [1.54, 1.807) is 7.11 Å². The largest absolute Gasteiger partial charge is 0.457 e. The molecule has 1 aliphatic carbocycles. The van der Waals surface area contributed by atoms with Crippen LogP contribution < -0.4 is 0 Å². The highest BCUT2D eigenvalue weighted by Crippen LogP contribution is 2.56. The van der Waals surface area contributed by atoms with Gasteiger partial charge in [-0.1, -0.05) is 26.0 Å². The lowest BCUT2D eigenvalue weighted by Crippen LogP contribution is -2.52. The third-order valence-electron chi connectivity index (χ3n) is 7.58. The zero-order valence-corrected chi connectivity index (χ0v) is 18.4. The molecule has 1 saturated carbocycles. The Kier molecular flexibility index (Phi) is 6.02. The number of methoxy groups -OCH3 is 1. The summed E-state index contributed by atoms with van der Waals surface area (Å²) in [5.41, 5.74) is -0.540. The molecule has 1 N–H and O–H groups in total. The number of esters is 1. The van der Waals surface area contributed by atoms with Gasteiger partial charge in [-0.05, 0) is 51.4 Å². The van der Waals surface area contributed by atoms with E-state index in [2.05, 4.69) is 20.4 Å². The van der Waals surface area contributed by atoms with E-state index in [0.717, 1.165) is 12.8 Å². The molecule has 3 rings (SSSR count). The molecular formula is C23H38O5. The number of fused-ring (bicyclic) bond motifs is 5. The molecule has 0 spiro atoms. The van der Waals surface area contributed by atoms with Gasteiger partial charge in [-0.2, -0.15) is 0 Å². The summed E-state index contributed by atoms with van der Waals surface area (Å²) in [4.78, 5) is 12.0. The first kappa shape index (κ1) is 21.8. The van der Waals surface area contributed by atoms with E-state index < -0.39 is 11.2 Å². The van der Waals surface area contributed by atoms with Crippen LogP contribution in [0.3, 0.4) is 0 Å². The van der Waals surface area contributed by atoms with Crippen molar-refractivity contribution in [1.29, 1.82) is 0 Å². The number of hydrogen-bond donors (Lipinski definition) is 1. The van der Waals surface area contributed by atoms with Crippen LogP contribution in [-0.4, -0.2) is 47.7 Å². The highest BCUT2D eigenvalue weighted by molar-refractivity contribution is 5.66. The quantitative estimate of drug-likeness (QED) is 0.581. The number of ether oxygens (including phenoxy) is 3. The molecule has 5 nitrogen and oxygen atoms in total. The molecule has 0 aromatic carbocycles. The Morgan fingerprint density at radius 2 is 2.00 bits per heavy atom. The van der Waals surface area contributed by atoms with E-state index in [1.807, 2.05) is 13.8 Å². The Labute approximate surface area is 169 Å². The summed E-state index contributed by atoms with van der Waals surface area (Å²) in [6, 6.07) is 0. The number of carbonyl (C=O) groups excluding carboxylic acids is 1.